The van der Waals surface area contributed by atoms with Gasteiger partial charge in [-0.3, -0.25) is 4.79 Å². The maximum Gasteiger partial charge on any atom is 0.223 e. The summed E-state index contributed by atoms with van der Waals surface area (Å²) in [6, 6.07) is 0.480. The predicted molar refractivity (Wildman–Crippen MR) is 55.9 cm³/mol. The molecule has 2 saturated heterocycles. The standard InChI is InChI=1S/C11H18N2O/c1-2-9-7-11(14)13(8-9)10-3-5-12-6-4-10/h2,9-10,12H,1,3-8H2. The summed E-state index contributed by atoms with van der Waals surface area (Å²) in [6.07, 6.45) is 4.80. The molecule has 2 heterocycles. The molecule has 3 nitrogen and oxygen atoms in total. The minimum absolute atomic E-state index is 0.321. The molecule has 1 unspecified atom stereocenters. The van der Waals surface area contributed by atoms with Gasteiger partial charge in [0.05, 0.1) is 0 Å². The summed E-state index contributed by atoms with van der Waals surface area (Å²) >= 11 is 0. The van der Waals surface area contributed by atoms with Crippen molar-refractivity contribution in [3.05, 3.63) is 12.7 Å². The van der Waals surface area contributed by atoms with Gasteiger partial charge < -0.3 is 10.2 Å². The Balaban J connectivity index is 1.96. The van der Waals surface area contributed by atoms with Gasteiger partial charge in [-0.05, 0) is 25.9 Å². The van der Waals surface area contributed by atoms with Crippen LogP contribution >= 0.6 is 0 Å². The van der Waals surface area contributed by atoms with Crippen molar-refractivity contribution in [2.75, 3.05) is 19.6 Å². The molecule has 78 valence electrons. The topological polar surface area (TPSA) is 32.3 Å². The Hall–Kier alpha value is -0.830. The van der Waals surface area contributed by atoms with Crippen molar-refractivity contribution in [1.29, 1.82) is 0 Å². The molecule has 0 aromatic rings. The number of piperidine rings is 1. The Morgan fingerprint density at radius 3 is 2.71 bits per heavy atom. The largest absolute Gasteiger partial charge is 0.339 e. The number of nitrogens with zero attached hydrogens (tertiary/aromatic N) is 1. The smallest absolute Gasteiger partial charge is 0.223 e. The van der Waals surface area contributed by atoms with Gasteiger partial charge in [0.2, 0.25) is 5.91 Å². The third-order valence-electron chi connectivity index (χ3n) is 3.27. The van der Waals surface area contributed by atoms with Crippen LogP contribution < -0.4 is 5.32 Å². The molecule has 2 fully saturated rings. The molecule has 2 aliphatic heterocycles. The normalized spacial score (nSPS) is 29.6. The van der Waals surface area contributed by atoms with E-state index in [-0.39, 0.29) is 0 Å². The summed E-state index contributed by atoms with van der Waals surface area (Å²) in [5.41, 5.74) is 0. The van der Waals surface area contributed by atoms with Crippen LogP contribution in [0, 0.1) is 5.92 Å². The number of likely N-dealkylation sites (tertiary alicyclic amines) is 1. The van der Waals surface area contributed by atoms with Crippen molar-refractivity contribution in [2.24, 2.45) is 5.92 Å². The molecule has 0 saturated carbocycles. The Morgan fingerprint density at radius 1 is 1.43 bits per heavy atom. The van der Waals surface area contributed by atoms with Crippen LogP contribution in [0.1, 0.15) is 19.3 Å². The fraction of sp³-hybridized carbons (Fsp3) is 0.727. The summed E-state index contributed by atoms with van der Waals surface area (Å²) in [4.78, 5) is 13.8. The SMILES string of the molecule is C=CC1CC(=O)N(C2CCNCC2)C1. The lowest BCUT2D eigenvalue weighted by atomic mass is 10.1. The van der Waals surface area contributed by atoms with E-state index >= 15 is 0 Å². The van der Waals surface area contributed by atoms with Crippen LogP contribution in [-0.4, -0.2) is 36.5 Å². The van der Waals surface area contributed by atoms with E-state index in [2.05, 4.69) is 16.8 Å². The van der Waals surface area contributed by atoms with Gasteiger partial charge in [-0.15, -0.1) is 6.58 Å². The first kappa shape index (κ1) is 9.71. The molecule has 0 aliphatic carbocycles. The van der Waals surface area contributed by atoms with E-state index < -0.39 is 0 Å². The molecule has 1 amide bonds. The minimum atomic E-state index is 0.321. The molecule has 14 heavy (non-hydrogen) atoms. The molecule has 2 aliphatic rings. The third kappa shape index (κ3) is 1.82. The van der Waals surface area contributed by atoms with Crippen LogP contribution in [-0.2, 0) is 4.79 Å². The number of amides is 1. The van der Waals surface area contributed by atoms with Crippen LogP contribution in [0.5, 0.6) is 0 Å². The second-order valence-electron chi connectivity index (χ2n) is 4.23. The Morgan fingerprint density at radius 2 is 2.14 bits per heavy atom. The van der Waals surface area contributed by atoms with Crippen LogP contribution in [0.3, 0.4) is 0 Å². The molecule has 0 spiro atoms. The van der Waals surface area contributed by atoms with E-state index in [0.717, 1.165) is 32.5 Å². The monoisotopic (exact) mass is 194 g/mol. The van der Waals surface area contributed by atoms with Crippen LogP contribution in [0.4, 0.5) is 0 Å². The van der Waals surface area contributed by atoms with E-state index in [9.17, 15) is 4.79 Å². The Kier molecular flexibility index (Phi) is 2.87. The van der Waals surface area contributed by atoms with E-state index in [0.29, 0.717) is 24.3 Å². The summed E-state index contributed by atoms with van der Waals surface area (Å²) < 4.78 is 0. The van der Waals surface area contributed by atoms with Crippen molar-refractivity contribution in [3.63, 3.8) is 0 Å². The zero-order valence-electron chi connectivity index (χ0n) is 8.54. The molecule has 2 rings (SSSR count). The molecule has 0 radical (unpaired) electrons. The Labute approximate surface area is 85.2 Å². The first-order valence-electron chi connectivity index (χ1n) is 5.44. The fourth-order valence-electron chi connectivity index (χ4n) is 2.39. The van der Waals surface area contributed by atoms with Crippen LogP contribution in [0.2, 0.25) is 0 Å². The maximum absolute atomic E-state index is 11.7. The van der Waals surface area contributed by atoms with Crippen molar-refractivity contribution >= 4 is 5.91 Å². The molecular formula is C11H18N2O. The van der Waals surface area contributed by atoms with Gasteiger partial charge in [-0.25, -0.2) is 0 Å². The minimum Gasteiger partial charge on any atom is -0.339 e. The van der Waals surface area contributed by atoms with Gasteiger partial charge in [-0.2, -0.15) is 0 Å². The first-order valence-corrected chi connectivity index (χ1v) is 5.44. The van der Waals surface area contributed by atoms with E-state index in [4.69, 9.17) is 0 Å². The van der Waals surface area contributed by atoms with E-state index in [1.807, 2.05) is 6.08 Å². The third-order valence-corrected chi connectivity index (χ3v) is 3.27. The summed E-state index contributed by atoms with van der Waals surface area (Å²) in [6.45, 7) is 6.76. The zero-order valence-corrected chi connectivity index (χ0v) is 8.54. The van der Waals surface area contributed by atoms with E-state index in [1.165, 1.54) is 0 Å². The van der Waals surface area contributed by atoms with Gasteiger partial charge in [0.1, 0.15) is 0 Å². The van der Waals surface area contributed by atoms with E-state index in [1.54, 1.807) is 0 Å². The highest BCUT2D eigenvalue weighted by atomic mass is 16.2. The molecule has 0 aromatic carbocycles. The highest BCUT2D eigenvalue weighted by Crippen LogP contribution is 2.24. The number of nitrogens with one attached hydrogen (secondary N) is 1. The average Bonchev–Trinajstić information content (AvgIpc) is 2.61. The lowest BCUT2D eigenvalue weighted by Crippen LogP contribution is -2.43. The summed E-state index contributed by atoms with van der Waals surface area (Å²) in [5, 5.41) is 3.32. The second kappa shape index (κ2) is 4.13. The molecule has 1 N–H and O–H groups in total. The van der Waals surface area contributed by atoms with Crippen molar-refractivity contribution in [2.45, 2.75) is 25.3 Å². The second-order valence-corrected chi connectivity index (χ2v) is 4.23. The molecule has 3 heteroatoms. The first-order chi connectivity index (χ1) is 6.81. The summed E-state index contributed by atoms with van der Waals surface area (Å²) in [7, 11) is 0. The van der Waals surface area contributed by atoms with Crippen molar-refractivity contribution < 1.29 is 4.79 Å². The van der Waals surface area contributed by atoms with Crippen LogP contribution in [0.25, 0.3) is 0 Å². The van der Waals surface area contributed by atoms with Crippen molar-refractivity contribution in [3.8, 4) is 0 Å². The van der Waals surface area contributed by atoms with Gasteiger partial charge in [0.15, 0.2) is 0 Å². The number of hydrogen-bond acceptors (Lipinski definition) is 2. The summed E-state index contributed by atoms with van der Waals surface area (Å²) in [5.74, 6) is 0.708. The number of carbonyl (C=O) groups is 1. The lowest BCUT2D eigenvalue weighted by molar-refractivity contribution is -0.130. The van der Waals surface area contributed by atoms with Gasteiger partial charge >= 0.3 is 0 Å². The molecular weight excluding hydrogens is 176 g/mol. The maximum atomic E-state index is 11.7. The Bertz CT molecular complexity index is 233. The van der Waals surface area contributed by atoms with Crippen LogP contribution in [0.15, 0.2) is 12.7 Å². The van der Waals surface area contributed by atoms with Gasteiger partial charge in [-0.1, -0.05) is 6.08 Å². The number of rotatable bonds is 2. The van der Waals surface area contributed by atoms with Crippen molar-refractivity contribution in [1.82, 2.24) is 10.2 Å². The number of hydrogen-bond donors (Lipinski definition) is 1. The zero-order chi connectivity index (χ0) is 9.97. The lowest BCUT2D eigenvalue weighted by Gasteiger charge is -2.31. The molecule has 0 aromatic heterocycles. The fourth-order valence-corrected chi connectivity index (χ4v) is 2.39. The van der Waals surface area contributed by atoms with Gasteiger partial charge in [0, 0.05) is 24.9 Å². The quantitative estimate of drug-likeness (QED) is 0.659. The highest BCUT2D eigenvalue weighted by molar-refractivity contribution is 5.79. The molecule has 1 atom stereocenters. The predicted octanol–water partition coefficient (Wildman–Crippen LogP) is 0.773. The molecule has 0 bridgehead atoms. The van der Waals surface area contributed by atoms with Gasteiger partial charge in [0.25, 0.3) is 0 Å². The highest BCUT2D eigenvalue weighted by Gasteiger charge is 2.33. The average molecular weight is 194 g/mol. The number of carbonyl (C=O) groups excluding carboxylic acids is 1.